The van der Waals surface area contributed by atoms with E-state index in [0.29, 0.717) is 22.9 Å². The van der Waals surface area contributed by atoms with Crippen molar-refractivity contribution in [2.24, 2.45) is 0 Å². The predicted octanol–water partition coefficient (Wildman–Crippen LogP) is 3.02. The molecule has 0 saturated carbocycles. The number of hydrogen-bond donors (Lipinski definition) is 1. The number of furan rings is 1. The van der Waals surface area contributed by atoms with E-state index in [1.807, 2.05) is 0 Å². The number of aromatic nitrogens is 2. The molecule has 0 aliphatic rings. The van der Waals surface area contributed by atoms with Gasteiger partial charge < -0.3 is 14.2 Å². The van der Waals surface area contributed by atoms with Crippen LogP contribution in [0.1, 0.15) is 26.7 Å². The second-order valence-corrected chi connectivity index (χ2v) is 5.76. The molecule has 2 rings (SSSR count). The zero-order chi connectivity index (χ0) is 13.2. The van der Waals surface area contributed by atoms with Gasteiger partial charge in [-0.2, -0.15) is 0 Å². The molecule has 0 fully saturated rings. The minimum absolute atomic E-state index is 0.0937. The maximum Gasteiger partial charge on any atom is 0.252 e. The highest BCUT2D eigenvalue weighted by atomic mass is 79.9. The van der Waals surface area contributed by atoms with Gasteiger partial charge in [0.25, 0.3) is 5.89 Å². The van der Waals surface area contributed by atoms with Crippen LogP contribution in [0.2, 0.25) is 0 Å². The van der Waals surface area contributed by atoms with Crippen LogP contribution in [0.4, 0.5) is 0 Å². The third kappa shape index (κ3) is 3.43. The summed E-state index contributed by atoms with van der Waals surface area (Å²) in [7, 11) is 0. The lowest BCUT2D eigenvalue weighted by molar-refractivity contribution is 0.411. The van der Waals surface area contributed by atoms with Crippen LogP contribution in [0.15, 0.2) is 25.8 Å². The molecule has 2 heterocycles. The van der Waals surface area contributed by atoms with E-state index < -0.39 is 0 Å². The highest BCUT2D eigenvalue weighted by Gasteiger charge is 2.14. The third-order valence-electron chi connectivity index (χ3n) is 2.31. The van der Waals surface area contributed by atoms with Gasteiger partial charge in [0.2, 0.25) is 5.89 Å². The average Bonchev–Trinajstić information content (AvgIpc) is 2.84. The van der Waals surface area contributed by atoms with E-state index >= 15 is 0 Å². The van der Waals surface area contributed by atoms with E-state index in [1.165, 1.54) is 0 Å². The van der Waals surface area contributed by atoms with E-state index in [0.717, 1.165) is 12.1 Å². The molecule has 98 valence electrons. The minimum atomic E-state index is 0.0937. The molecule has 0 aromatic carbocycles. The fraction of sp³-hybridized carbons (Fsp3) is 0.500. The maximum absolute atomic E-state index is 5.57. The molecule has 1 N–H and O–H groups in total. The molecule has 0 amide bonds. The maximum atomic E-state index is 5.57. The summed E-state index contributed by atoms with van der Waals surface area (Å²) in [4.78, 5) is 0. The highest BCUT2D eigenvalue weighted by molar-refractivity contribution is 9.10. The topological polar surface area (TPSA) is 64.1 Å². The summed E-state index contributed by atoms with van der Waals surface area (Å²) in [6, 6.07) is 1.79. The molecule has 5 nitrogen and oxygen atoms in total. The van der Waals surface area contributed by atoms with Crippen molar-refractivity contribution < 1.29 is 8.83 Å². The van der Waals surface area contributed by atoms with Gasteiger partial charge in [-0.25, -0.2) is 0 Å². The largest absolute Gasteiger partial charge is 0.457 e. The SMILES string of the molecule is CC(C)(C)NCCc1nnc(-c2ccoc2Br)o1. The monoisotopic (exact) mass is 313 g/mol. The minimum Gasteiger partial charge on any atom is -0.457 e. The molecule has 6 heteroatoms. The molecule has 0 bridgehead atoms. The van der Waals surface area contributed by atoms with Gasteiger partial charge in [0.05, 0.1) is 11.8 Å². The predicted molar refractivity (Wildman–Crippen MR) is 71.2 cm³/mol. The molecular formula is C12H16BrN3O2. The van der Waals surface area contributed by atoms with Gasteiger partial charge in [-0.1, -0.05) is 0 Å². The molecule has 0 radical (unpaired) electrons. The number of nitrogens with one attached hydrogen (secondary N) is 1. The van der Waals surface area contributed by atoms with Crippen LogP contribution >= 0.6 is 15.9 Å². The molecule has 2 aromatic rings. The third-order valence-corrected chi connectivity index (χ3v) is 2.92. The zero-order valence-corrected chi connectivity index (χ0v) is 12.2. The summed E-state index contributed by atoms with van der Waals surface area (Å²) in [6.45, 7) is 7.16. The summed E-state index contributed by atoms with van der Waals surface area (Å²) in [5, 5.41) is 11.4. The van der Waals surface area contributed by atoms with Crippen molar-refractivity contribution in [3.63, 3.8) is 0 Å². The second-order valence-electron chi connectivity index (χ2n) is 5.04. The van der Waals surface area contributed by atoms with Gasteiger partial charge in [0.1, 0.15) is 0 Å². The second kappa shape index (κ2) is 5.24. The van der Waals surface area contributed by atoms with Gasteiger partial charge in [0, 0.05) is 18.5 Å². The van der Waals surface area contributed by atoms with Gasteiger partial charge in [-0.15, -0.1) is 10.2 Å². The van der Waals surface area contributed by atoms with Gasteiger partial charge in [-0.3, -0.25) is 0 Å². The summed E-state index contributed by atoms with van der Waals surface area (Å²) in [6.07, 6.45) is 2.28. The molecule has 0 unspecified atom stereocenters. The standard InChI is InChI=1S/C12H16BrN3O2/c1-12(2,3)14-6-4-9-15-16-11(18-9)8-5-7-17-10(8)13/h5,7,14H,4,6H2,1-3H3. The van der Waals surface area contributed by atoms with Crippen molar-refractivity contribution in [2.45, 2.75) is 32.7 Å². The first-order valence-electron chi connectivity index (χ1n) is 5.76. The van der Waals surface area contributed by atoms with Gasteiger partial charge in [0.15, 0.2) is 4.67 Å². The quantitative estimate of drug-likeness (QED) is 0.940. The smallest absolute Gasteiger partial charge is 0.252 e. The molecule has 0 atom stereocenters. The molecular weight excluding hydrogens is 298 g/mol. The van der Waals surface area contributed by atoms with Crippen molar-refractivity contribution in [2.75, 3.05) is 6.54 Å². The van der Waals surface area contributed by atoms with Crippen molar-refractivity contribution in [1.29, 1.82) is 0 Å². The molecule has 18 heavy (non-hydrogen) atoms. The summed E-state index contributed by atoms with van der Waals surface area (Å²) in [5.74, 6) is 1.09. The van der Waals surface area contributed by atoms with Crippen molar-refractivity contribution >= 4 is 15.9 Å². The molecule has 0 aliphatic carbocycles. The molecule has 0 saturated heterocycles. The fourth-order valence-electron chi connectivity index (χ4n) is 1.45. The first-order chi connectivity index (χ1) is 8.46. The Morgan fingerprint density at radius 3 is 2.72 bits per heavy atom. The van der Waals surface area contributed by atoms with Crippen LogP contribution in [0.5, 0.6) is 0 Å². The van der Waals surface area contributed by atoms with Crippen LogP contribution in [0, 0.1) is 0 Å². The number of rotatable bonds is 4. The number of nitrogens with zero attached hydrogens (tertiary/aromatic N) is 2. The first kappa shape index (κ1) is 13.3. The number of halogens is 1. The summed E-state index contributed by atoms with van der Waals surface area (Å²) < 4.78 is 11.3. The lowest BCUT2D eigenvalue weighted by atomic mass is 10.1. The number of hydrogen-bond acceptors (Lipinski definition) is 5. The Labute approximate surface area is 114 Å². The Morgan fingerprint density at radius 2 is 2.11 bits per heavy atom. The van der Waals surface area contributed by atoms with Crippen LogP contribution < -0.4 is 5.32 Å². The fourth-order valence-corrected chi connectivity index (χ4v) is 1.86. The van der Waals surface area contributed by atoms with Gasteiger partial charge in [-0.05, 0) is 42.8 Å². The molecule has 0 aliphatic heterocycles. The lowest BCUT2D eigenvalue weighted by Crippen LogP contribution is -2.37. The summed E-state index contributed by atoms with van der Waals surface area (Å²) in [5.41, 5.74) is 0.869. The Hall–Kier alpha value is -1.14. The van der Waals surface area contributed by atoms with E-state index in [1.54, 1.807) is 12.3 Å². The lowest BCUT2D eigenvalue weighted by Gasteiger charge is -2.19. The van der Waals surface area contributed by atoms with E-state index in [2.05, 4.69) is 52.2 Å². The van der Waals surface area contributed by atoms with Crippen molar-refractivity contribution in [1.82, 2.24) is 15.5 Å². The van der Waals surface area contributed by atoms with Crippen molar-refractivity contribution in [3.05, 3.63) is 22.9 Å². The van der Waals surface area contributed by atoms with Gasteiger partial charge >= 0.3 is 0 Å². The Balaban J connectivity index is 1.97. The van der Waals surface area contributed by atoms with Crippen LogP contribution in [-0.2, 0) is 6.42 Å². The Bertz CT molecular complexity index is 513. The zero-order valence-electron chi connectivity index (χ0n) is 10.7. The molecule has 0 spiro atoms. The first-order valence-corrected chi connectivity index (χ1v) is 6.56. The van der Waals surface area contributed by atoms with Crippen molar-refractivity contribution in [3.8, 4) is 11.5 Å². The van der Waals surface area contributed by atoms with Crippen LogP contribution in [0.3, 0.4) is 0 Å². The molecule has 2 aromatic heterocycles. The summed E-state index contributed by atoms with van der Waals surface area (Å²) >= 11 is 3.28. The average molecular weight is 314 g/mol. The normalized spacial score (nSPS) is 12.0. The Morgan fingerprint density at radius 1 is 1.33 bits per heavy atom. The van der Waals surface area contributed by atoms with E-state index in [9.17, 15) is 0 Å². The van der Waals surface area contributed by atoms with E-state index in [4.69, 9.17) is 8.83 Å². The van der Waals surface area contributed by atoms with Crippen LogP contribution in [0.25, 0.3) is 11.5 Å². The van der Waals surface area contributed by atoms with E-state index in [-0.39, 0.29) is 5.54 Å². The Kier molecular flexibility index (Phi) is 3.87. The van der Waals surface area contributed by atoms with Crippen LogP contribution in [-0.4, -0.2) is 22.3 Å². The highest BCUT2D eigenvalue weighted by Crippen LogP contribution is 2.27.